The number of benzene rings is 10. The van der Waals surface area contributed by atoms with Crippen molar-refractivity contribution in [3.8, 4) is 33.4 Å². The molecule has 1 aromatic heterocycles. The fraction of sp³-hybridized carbons (Fsp3) is 0.0526. The fourth-order valence-corrected chi connectivity index (χ4v) is 9.98. The quantitative estimate of drug-likeness (QED) is 0.163. The van der Waals surface area contributed by atoms with E-state index in [2.05, 4.69) is 219 Å². The van der Waals surface area contributed by atoms with Crippen molar-refractivity contribution in [2.24, 2.45) is 0 Å². The van der Waals surface area contributed by atoms with Gasteiger partial charge in [0.15, 0.2) is 0 Å². The molecule has 10 aromatic carbocycles. The summed E-state index contributed by atoms with van der Waals surface area (Å²) in [6.07, 6.45) is 0. The van der Waals surface area contributed by atoms with Gasteiger partial charge in [-0.25, -0.2) is 0 Å². The van der Waals surface area contributed by atoms with E-state index < -0.39 is 0 Å². The lowest BCUT2D eigenvalue weighted by Gasteiger charge is -2.29. The Bertz CT molecular complexity index is 3460. The molecule has 0 saturated carbocycles. The first kappa shape index (κ1) is 33.7. The number of fused-ring (bicyclic) bond motifs is 11. The Morgan fingerprint density at radius 3 is 1.71 bits per heavy atom. The summed E-state index contributed by atoms with van der Waals surface area (Å²) in [5.74, 6) is 0. The molecule has 0 saturated heterocycles. The van der Waals surface area contributed by atoms with Crippen LogP contribution in [-0.4, -0.2) is 0 Å². The van der Waals surface area contributed by atoms with E-state index in [1.54, 1.807) is 0 Å². The summed E-state index contributed by atoms with van der Waals surface area (Å²) in [5, 5.41) is 9.67. The predicted molar refractivity (Wildman–Crippen MR) is 249 cm³/mol. The average Bonchev–Trinajstić information content (AvgIpc) is 3.79. The third-order valence-corrected chi connectivity index (χ3v) is 12.9. The molecule has 1 aliphatic carbocycles. The Morgan fingerprint density at radius 1 is 0.373 bits per heavy atom. The molecule has 12 rings (SSSR count). The molecular weight excluding hydrogens is 715 g/mol. The highest BCUT2D eigenvalue weighted by atomic mass is 16.3. The minimum Gasteiger partial charge on any atom is -0.455 e. The number of hydrogen-bond acceptors (Lipinski definition) is 2. The topological polar surface area (TPSA) is 16.4 Å². The molecule has 0 N–H and O–H groups in total. The molecule has 1 heterocycles. The first-order valence-electron chi connectivity index (χ1n) is 20.5. The van der Waals surface area contributed by atoms with Gasteiger partial charge in [-0.3, -0.25) is 0 Å². The van der Waals surface area contributed by atoms with E-state index in [0.29, 0.717) is 0 Å². The van der Waals surface area contributed by atoms with E-state index in [4.69, 9.17) is 4.42 Å². The molecule has 59 heavy (non-hydrogen) atoms. The lowest BCUT2D eigenvalue weighted by Crippen LogP contribution is -2.16. The van der Waals surface area contributed by atoms with E-state index in [9.17, 15) is 0 Å². The van der Waals surface area contributed by atoms with Crippen molar-refractivity contribution in [3.05, 3.63) is 211 Å². The predicted octanol–water partition coefficient (Wildman–Crippen LogP) is 16.2. The molecule has 278 valence electrons. The van der Waals surface area contributed by atoms with Crippen LogP contribution in [0.25, 0.3) is 87.6 Å². The number of nitrogens with zero attached hydrogens (tertiary/aromatic N) is 1. The van der Waals surface area contributed by atoms with Crippen molar-refractivity contribution in [2.75, 3.05) is 4.90 Å². The van der Waals surface area contributed by atoms with Crippen molar-refractivity contribution in [2.45, 2.75) is 19.3 Å². The van der Waals surface area contributed by atoms with Crippen LogP contribution >= 0.6 is 0 Å². The Labute approximate surface area is 343 Å². The molecule has 0 amide bonds. The maximum Gasteiger partial charge on any atom is 0.143 e. The summed E-state index contributed by atoms with van der Waals surface area (Å²) in [6.45, 7) is 4.70. The molecule has 0 radical (unpaired) electrons. The second-order valence-corrected chi connectivity index (χ2v) is 16.4. The Balaban J connectivity index is 1.02. The first-order chi connectivity index (χ1) is 29.0. The number of furan rings is 1. The van der Waals surface area contributed by atoms with Gasteiger partial charge in [-0.2, -0.15) is 0 Å². The van der Waals surface area contributed by atoms with Crippen LogP contribution in [0.2, 0.25) is 0 Å². The summed E-state index contributed by atoms with van der Waals surface area (Å²) < 4.78 is 6.76. The van der Waals surface area contributed by atoms with Gasteiger partial charge >= 0.3 is 0 Å². The third kappa shape index (κ3) is 5.06. The molecule has 0 fully saturated rings. The number of anilines is 3. The van der Waals surface area contributed by atoms with Gasteiger partial charge in [0.1, 0.15) is 11.2 Å². The van der Waals surface area contributed by atoms with Crippen LogP contribution < -0.4 is 4.90 Å². The fourth-order valence-electron chi connectivity index (χ4n) is 9.98. The van der Waals surface area contributed by atoms with Crippen LogP contribution in [0.15, 0.2) is 205 Å². The largest absolute Gasteiger partial charge is 0.455 e. The van der Waals surface area contributed by atoms with Crippen molar-refractivity contribution >= 4 is 71.3 Å². The molecular formula is C57H39NO. The molecule has 11 aromatic rings. The summed E-state index contributed by atoms with van der Waals surface area (Å²) in [7, 11) is 0. The van der Waals surface area contributed by atoms with Gasteiger partial charge in [-0.15, -0.1) is 0 Å². The molecule has 2 heteroatoms. The SMILES string of the molecule is CC1(C)c2ccccc2-c2c(N(c3ccc(-c4cc5ccccc5c5ccccc45)cc3)c3ccc(-c4cccc5c4oc4c6ccccc6ccc54)cc3)cccc21. The van der Waals surface area contributed by atoms with Crippen molar-refractivity contribution in [1.29, 1.82) is 0 Å². The van der Waals surface area contributed by atoms with Crippen LogP contribution in [0.5, 0.6) is 0 Å². The number of para-hydroxylation sites is 1. The van der Waals surface area contributed by atoms with Gasteiger partial charge in [-0.1, -0.05) is 172 Å². The monoisotopic (exact) mass is 753 g/mol. The highest BCUT2D eigenvalue weighted by Gasteiger charge is 2.37. The zero-order valence-corrected chi connectivity index (χ0v) is 32.9. The third-order valence-electron chi connectivity index (χ3n) is 12.9. The second kappa shape index (κ2) is 12.8. The molecule has 0 aliphatic heterocycles. The summed E-state index contributed by atoms with van der Waals surface area (Å²) in [5.41, 5.74) is 15.1. The Hall–Kier alpha value is -7.42. The minimum atomic E-state index is -0.116. The van der Waals surface area contributed by atoms with Crippen molar-refractivity contribution in [3.63, 3.8) is 0 Å². The van der Waals surface area contributed by atoms with Crippen LogP contribution in [-0.2, 0) is 5.41 Å². The zero-order valence-electron chi connectivity index (χ0n) is 32.9. The van der Waals surface area contributed by atoms with Gasteiger partial charge in [0.05, 0.1) is 5.69 Å². The van der Waals surface area contributed by atoms with Gasteiger partial charge in [0.25, 0.3) is 0 Å². The minimum absolute atomic E-state index is 0.116. The van der Waals surface area contributed by atoms with Crippen LogP contribution in [0, 0.1) is 0 Å². The molecule has 0 spiro atoms. The second-order valence-electron chi connectivity index (χ2n) is 16.4. The van der Waals surface area contributed by atoms with Gasteiger partial charge in [-0.05, 0) is 103 Å². The van der Waals surface area contributed by atoms with E-state index in [0.717, 1.165) is 49.8 Å². The number of hydrogen-bond donors (Lipinski definition) is 0. The van der Waals surface area contributed by atoms with Crippen molar-refractivity contribution in [1.82, 2.24) is 0 Å². The standard InChI is InChI=1S/C57H39NO/c1-57(2)51-22-10-9-19-49(51)54-52(57)23-12-24-53(54)58(41-32-27-38(28-33-41)50-35-39-14-4-5-15-42(39)45-17-7-8-18-46(45)50)40-30-25-37(26-31-40)44-20-11-21-47-48-34-29-36-13-3-6-16-43(36)56(48)59-55(44)47/h3-35H,1-2H3. The van der Waals surface area contributed by atoms with E-state index in [1.807, 2.05) is 0 Å². The highest BCUT2D eigenvalue weighted by Crippen LogP contribution is 2.54. The molecule has 0 bridgehead atoms. The normalized spacial score (nSPS) is 13.1. The summed E-state index contributed by atoms with van der Waals surface area (Å²) >= 11 is 0. The van der Waals surface area contributed by atoms with Gasteiger partial charge < -0.3 is 9.32 Å². The molecule has 2 nitrogen and oxygen atoms in total. The van der Waals surface area contributed by atoms with Crippen molar-refractivity contribution < 1.29 is 4.42 Å². The molecule has 0 unspecified atom stereocenters. The maximum atomic E-state index is 6.76. The van der Waals surface area contributed by atoms with E-state index in [1.165, 1.54) is 66.0 Å². The van der Waals surface area contributed by atoms with Crippen LogP contribution in [0.1, 0.15) is 25.0 Å². The molecule has 0 atom stereocenters. The zero-order chi connectivity index (χ0) is 39.2. The first-order valence-corrected chi connectivity index (χ1v) is 20.5. The number of rotatable bonds is 5. The summed E-state index contributed by atoms with van der Waals surface area (Å²) in [4.78, 5) is 2.44. The van der Waals surface area contributed by atoms with E-state index in [-0.39, 0.29) is 5.41 Å². The summed E-state index contributed by atoms with van der Waals surface area (Å²) in [6, 6.07) is 73.1. The molecule has 1 aliphatic rings. The smallest absolute Gasteiger partial charge is 0.143 e. The van der Waals surface area contributed by atoms with Gasteiger partial charge in [0.2, 0.25) is 0 Å². The average molecular weight is 754 g/mol. The van der Waals surface area contributed by atoms with Crippen LogP contribution in [0.3, 0.4) is 0 Å². The Kier molecular flexibility index (Phi) is 7.31. The maximum absolute atomic E-state index is 6.76. The highest BCUT2D eigenvalue weighted by molar-refractivity contribution is 6.17. The Morgan fingerprint density at radius 2 is 0.932 bits per heavy atom. The lowest BCUT2D eigenvalue weighted by atomic mass is 9.82. The van der Waals surface area contributed by atoms with E-state index >= 15 is 0 Å². The van der Waals surface area contributed by atoms with Crippen LogP contribution in [0.4, 0.5) is 17.1 Å². The van der Waals surface area contributed by atoms with Gasteiger partial charge in [0, 0.05) is 44.1 Å². The lowest BCUT2D eigenvalue weighted by molar-refractivity contribution is 0.660.